The molecule has 0 aliphatic carbocycles. The van der Waals surface area contributed by atoms with Gasteiger partial charge >= 0.3 is 21.4 Å². The molecule has 0 amide bonds. The van der Waals surface area contributed by atoms with Gasteiger partial charge in [0.25, 0.3) is 0 Å². The third-order valence-electron chi connectivity index (χ3n) is 5.29. The molecule has 1 saturated heterocycles. The highest BCUT2D eigenvalue weighted by Gasteiger charge is 2.48. The van der Waals surface area contributed by atoms with E-state index in [2.05, 4.69) is 52.0 Å². The highest BCUT2D eigenvalue weighted by Crippen LogP contribution is 2.26. The van der Waals surface area contributed by atoms with Crippen LogP contribution in [0.25, 0.3) is 0 Å². The zero-order chi connectivity index (χ0) is 18.7. The zero-order valence-electron chi connectivity index (χ0n) is 17.4. The molecule has 0 bridgehead atoms. The van der Waals surface area contributed by atoms with Crippen LogP contribution in [0.4, 0.5) is 0 Å². The van der Waals surface area contributed by atoms with Crippen LogP contribution in [0.2, 0.25) is 6.32 Å². The maximum Gasteiger partial charge on any atom is 0.526 e. The van der Waals surface area contributed by atoms with Crippen molar-refractivity contribution in [2.24, 2.45) is 5.92 Å². The molecular formula is C17H39B3N2O3. The summed E-state index contributed by atoms with van der Waals surface area (Å²) < 4.78 is 18.6. The lowest BCUT2D eigenvalue weighted by Crippen LogP contribution is -2.58. The lowest BCUT2D eigenvalue weighted by Gasteiger charge is -2.33. The Hall–Kier alpha value is -0.00519. The van der Waals surface area contributed by atoms with Crippen molar-refractivity contribution in [3.63, 3.8) is 0 Å². The molecule has 1 aliphatic rings. The van der Waals surface area contributed by atoms with Crippen LogP contribution in [0, 0.1) is 5.92 Å². The Balaban J connectivity index is 2.58. The monoisotopic (exact) mass is 352 g/mol. The highest BCUT2D eigenvalue weighted by atomic mass is 16.7. The van der Waals surface area contributed by atoms with Gasteiger partial charge in [0.15, 0.2) is 0 Å². The van der Waals surface area contributed by atoms with Gasteiger partial charge in [0.2, 0.25) is 0 Å². The minimum absolute atomic E-state index is 0.179. The van der Waals surface area contributed by atoms with Crippen LogP contribution >= 0.6 is 0 Å². The van der Waals surface area contributed by atoms with E-state index in [1.165, 1.54) is 25.7 Å². The van der Waals surface area contributed by atoms with Crippen LogP contribution in [0.5, 0.6) is 0 Å². The summed E-state index contributed by atoms with van der Waals surface area (Å²) in [6.07, 6.45) is 8.04. The number of unbranched alkanes of at least 4 members (excludes halogenated alkanes) is 2. The average Bonchev–Trinajstić information content (AvgIpc) is 2.72. The molecule has 25 heavy (non-hydrogen) atoms. The smallest absolute Gasteiger partial charge is 0.446 e. The molecule has 2 atom stereocenters. The molecule has 2 unspecified atom stereocenters. The van der Waals surface area contributed by atoms with Crippen molar-refractivity contribution in [3.05, 3.63) is 0 Å². The Morgan fingerprint density at radius 3 is 2.28 bits per heavy atom. The van der Waals surface area contributed by atoms with Gasteiger partial charge in [-0.15, -0.1) is 0 Å². The van der Waals surface area contributed by atoms with Crippen LogP contribution in [0.1, 0.15) is 80.1 Å². The van der Waals surface area contributed by atoms with Gasteiger partial charge in [-0.05, 0) is 38.7 Å². The first-order valence-corrected chi connectivity index (χ1v) is 10.4. The first kappa shape index (κ1) is 23.0. The quantitative estimate of drug-likeness (QED) is 0.416. The summed E-state index contributed by atoms with van der Waals surface area (Å²) in [6, 6.07) is 0. The minimum atomic E-state index is -0.424. The third-order valence-corrected chi connectivity index (χ3v) is 5.29. The van der Waals surface area contributed by atoms with E-state index in [0.717, 1.165) is 38.2 Å². The molecule has 0 radical (unpaired) electrons. The molecule has 8 heteroatoms. The molecule has 0 aromatic rings. The van der Waals surface area contributed by atoms with Crippen LogP contribution in [-0.2, 0) is 13.8 Å². The molecule has 1 rings (SSSR count). The highest BCUT2D eigenvalue weighted by molar-refractivity contribution is 6.69. The van der Waals surface area contributed by atoms with E-state index in [1.807, 2.05) is 0 Å². The van der Waals surface area contributed by atoms with Gasteiger partial charge in [0.05, 0.1) is 5.50 Å². The molecule has 0 saturated carbocycles. The Kier molecular flexibility index (Phi) is 11.4. The van der Waals surface area contributed by atoms with E-state index in [9.17, 15) is 0 Å². The van der Waals surface area contributed by atoms with E-state index in [4.69, 9.17) is 13.8 Å². The Bertz CT molecular complexity index is 355. The summed E-state index contributed by atoms with van der Waals surface area (Å²) in [6.45, 7) is 14.6. The molecule has 1 fully saturated rings. The number of rotatable bonds is 12. The van der Waals surface area contributed by atoms with E-state index >= 15 is 0 Å². The Labute approximate surface area is 157 Å². The fourth-order valence-electron chi connectivity index (χ4n) is 3.12. The van der Waals surface area contributed by atoms with Crippen LogP contribution in [0.3, 0.4) is 0 Å². The first-order chi connectivity index (χ1) is 12.0. The fourth-order valence-corrected chi connectivity index (χ4v) is 3.12. The molecule has 1 heterocycles. The van der Waals surface area contributed by atoms with Gasteiger partial charge < -0.3 is 24.3 Å². The largest absolute Gasteiger partial charge is 0.526 e. The maximum absolute atomic E-state index is 6.39. The zero-order valence-corrected chi connectivity index (χ0v) is 17.4. The molecule has 1 aliphatic heterocycles. The molecular weight excluding hydrogens is 313 g/mol. The standard InChI is InChI=1S/C17H39B3N2O3/c1-7-16(5)14-12-11-13-15-18-23-17(6,8-2)19(21-9-3)25-20(24-18)22-10-4/h16,21-22H,7-15H2,1-6H3. The molecule has 5 nitrogen and oxygen atoms in total. The summed E-state index contributed by atoms with van der Waals surface area (Å²) in [5, 5.41) is 6.67. The lowest BCUT2D eigenvalue weighted by molar-refractivity contribution is 0.131. The maximum atomic E-state index is 6.39. The van der Waals surface area contributed by atoms with Gasteiger partial charge in [-0.25, -0.2) is 0 Å². The van der Waals surface area contributed by atoms with Gasteiger partial charge in [0, 0.05) is 0 Å². The fraction of sp³-hybridized carbons (Fsp3) is 1.00. The number of hydrogen-bond donors (Lipinski definition) is 2. The average molecular weight is 352 g/mol. The van der Waals surface area contributed by atoms with Gasteiger partial charge in [-0.3, -0.25) is 0 Å². The topological polar surface area (TPSA) is 51.8 Å². The SMILES string of the molecule is CCNB1OB(CCCCCC(C)CC)OC(C)(CC)B(NCC)O1. The second-order valence-electron chi connectivity index (χ2n) is 7.46. The second kappa shape index (κ2) is 12.4. The summed E-state index contributed by atoms with van der Waals surface area (Å²) >= 11 is 0. The van der Waals surface area contributed by atoms with Gasteiger partial charge in [-0.1, -0.05) is 66.7 Å². The molecule has 0 aromatic heterocycles. The van der Waals surface area contributed by atoms with Crippen LogP contribution in [0.15, 0.2) is 0 Å². The van der Waals surface area contributed by atoms with E-state index in [0.29, 0.717) is 0 Å². The minimum Gasteiger partial charge on any atom is -0.446 e. The summed E-state index contributed by atoms with van der Waals surface area (Å²) in [4.78, 5) is 0. The van der Waals surface area contributed by atoms with Gasteiger partial charge in [0.1, 0.15) is 0 Å². The van der Waals surface area contributed by atoms with Crippen LogP contribution < -0.4 is 10.5 Å². The van der Waals surface area contributed by atoms with Crippen molar-refractivity contribution in [1.29, 1.82) is 0 Å². The lowest BCUT2D eigenvalue weighted by atomic mass is 9.60. The van der Waals surface area contributed by atoms with Crippen molar-refractivity contribution in [2.45, 2.75) is 91.9 Å². The first-order valence-electron chi connectivity index (χ1n) is 10.4. The molecule has 0 aromatic carbocycles. The van der Waals surface area contributed by atoms with Crippen molar-refractivity contribution in [3.8, 4) is 0 Å². The summed E-state index contributed by atoms with van der Waals surface area (Å²) in [5.74, 6) is 0.834. The summed E-state index contributed by atoms with van der Waals surface area (Å²) in [7, 11) is -0.823. The Morgan fingerprint density at radius 1 is 0.960 bits per heavy atom. The number of nitrogens with one attached hydrogen (secondary N) is 2. The third kappa shape index (κ3) is 8.04. The second-order valence-corrected chi connectivity index (χ2v) is 7.46. The predicted molar refractivity (Wildman–Crippen MR) is 109 cm³/mol. The number of hydrogen-bond acceptors (Lipinski definition) is 5. The van der Waals surface area contributed by atoms with E-state index in [-0.39, 0.29) is 19.7 Å². The van der Waals surface area contributed by atoms with Crippen LogP contribution in [-0.4, -0.2) is 40.0 Å². The predicted octanol–water partition coefficient (Wildman–Crippen LogP) is 3.54. The van der Waals surface area contributed by atoms with Crippen molar-refractivity contribution in [2.75, 3.05) is 13.1 Å². The Morgan fingerprint density at radius 2 is 1.68 bits per heavy atom. The van der Waals surface area contributed by atoms with Gasteiger partial charge in [-0.2, -0.15) is 0 Å². The molecule has 0 spiro atoms. The molecule has 144 valence electrons. The summed E-state index contributed by atoms with van der Waals surface area (Å²) in [5.41, 5.74) is -0.387. The van der Waals surface area contributed by atoms with E-state index in [1.54, 1.807) is 0 Å². The normalized spacial score (nSPS) is 23.0. The molecule has 2 N–H and O–H groups in total. The van der Waals surface area contributed by atoms with Crippen molar-refractivity contribution >= 4 is 21.4 Å². The van der Waals surface area contributed by atoms with Crippen molar-refractivity contribution in [1.82, 2.24) is 10.5 Å². The van der Waals surface area contributed by atoms with E-state index < -0.39 is 7.25 Å². The van der Waals surface area contributed by atoms with Crippen molar-refractivity contribution < 1.29 is 13.8 Å².